The highest BCUT2D eigenvalue weighted by atomic mass is 16.6. The number of carbonyl (C=O) groups excluding carboxylic acids is 3. The Kier molecular flexibility index (Phi) is 9.48. The Morgan fingerprint density at radius 3 is 2.00 bits per heavy atom. The number of fused-ring (bicyclic) bond motifs is 1. The SMILES string of the molecule is COc1cc(-c2cc(=O)c3c(O)cc(O)cc3o2)cc(OC)c1OC(=O)N[C@@H](CC(=O)OC(C)(C)C)C(=O)OC(C)(C)C. The summed E-state index contributed by atoms with van der Waals surface area (Å²) in [7, 11) is 2.59. The number of rotatable bonds is 8. The van der Waals surface area contributed by atoms with Gasteiger partial charge < -0.3 is 43.6 Å². The van der Waals surface area contributed by atoms with Gasteiger partial charge in [-0.1, -0.05) is 0 Å². The lowest BCUT2D eigenvalue weighted by Crippen LogP contribution is -2.47. The van der Waals surface area contributed by atoms with Crippen molar-refractivity contribution < 1.29 is 52.7 Å². The molecule has 3 N–H and O–H groups in total. The third-order valence-corrected chi connectivity index (χ3v) is 5.51. The average molecular weight is 602 g/mol. The van der Waals surface area contributed by atoms with Crippen LogP contribution in [0.15, 0.2) is 39.5 Å². The first kappa shape index (κ1) is 32.6. The van der Waals surface area contributed by atoms with Crippen molar-refractivity contribution in [2.45, 2.75) is 65.2 Å². The molecule has 0 spiro atoms. The molecule has 43 heavy (non-hydrogen) atoms. The number of phenolic OH excluding ortho intramolecular Hbond substituents is 2. The van der Waals surface area contributed by atoms with Crippen LogP contribution in [0, 0.1) is 0 Å². The lowest BCUT2D eigenvalue weighted by atomic mass is 10.1. The molecule has 0 aliphatic heterocycles. The van der Waals surface area contributed by atoms with Crippen LogP contribution >= 0.6 is 0 Å². The first-order chi connectivity index (χ1) is 19.9. The number of methoxy groups -OCH3 is 2. The Labute approximate surface area is 247 Å². The number of carbonyl (C=O) groups is 3. The van der Waals surface area contributed by atoms with Gasteiger partial charge in [0.2, 0.25) is 5.75 Å². The van der Waals surface area contributed by atoms with Crippen molar-refractivity contribution in [3.8, 4) is 40.1 Å². The summed E-state index contributed by atoms with van der Waals surface area (Å²) in [5.41, 5.74) is -2.13. The van der Waals surface area contributed by atoms with Crippen molar-refractivity contribution in [3.63, 3.8) is 0 Å². The molecule has 1 atom stereocenters. The standard InChI is InChI=1S/C30H35NO12/c1-29(2,3)42-24(35)13-17(27(36)43-30(4,5)6)31-28(37)41-26-22(38-7)9-15(10-23(26)39-8)20-14-19(34)25-18(33)11-16(32)12-21(25)40-20/h9-12,14,17,32-33H,13H2,1-8H3,(H,31,37)/t17-/m0/s1. The summed E-state index contributed by atoms with van der Waals surface area (Å²) >= 11 is 0. The number of aromatic hydroxyl groups is 2. The topological polar surface area (TPSA) is 180 Å². The molecule has 3 aromatic rings. The highest BCUT2D eigenvalue weighted by molar-refractivity contribution is 5.88. The van der Waals surface area contributed by atoms with E-state index in [0.717, 1.165) is 12.1 Å². The van der Waals surface area contributed by atoms with Gasteiger partial charge in [-0.05, 0) is 53.7 Å². The van der Waals surface area contributed by atoms with Crippen LogP contribution in [0.5, 0.6) is 28.7 Å². The van der Waals surface area contributed by atoms with Crippen LogP contribution in [0.25, 0.3) is 22.3 Å². The van der Waals surface area contributed by atoms with E-state index < -0.39 is 52.9 Å². The van der Waals surface area contributed by atoms with Crippen molar-refractivity contribution in [1.82, 2.24) is 5.32 Å². The van der Waals surface area contributed by atoms with Crippen LogP contribution in [-0.2, 0) is 19.1 Å². The first-order valence-electron chi connectivity index (χ1n) is 13.1. The molecule has 232 valence electrons. The summed E-state index contributed by atoms with van der Waals surface area (Å²) in [6, 6.07) is 4.66. The molecular formula is C30H35NO12. The number of nitrogens with one attached hydrogen (secondary N) is 1. The van der Waals surface area contributed by atoms with Gasteiger partial charge >= 0.3 is 18.0 Å². The Morgan fingerprint density at radius 1 is 0.884 bits per heavy atom. The van der Waals surface area contributed by atoms with Gasteiger partial charge in [-0.15, -0.1) is 0 Å². The first-order valence-corrected chi connectivity index (χ1v) is 13.1. The van der Waals surface area contributed by atoms with Crippen molar-refractivity contribution in [3.05, 3.63) is 40.6 Å². The zero-order valence-corrected chi connectivity index (χ0v) is 25.1. The van der Waals surface area contributed by atoms with E-state index in [2.05, 4.69) is 5.32 Å². The number of amides is 1. The molecule has 0 saturated heterocycles. The normalized spacial score (nSPS) is 12.3. The number of hydrogen-bond donors (Lipinski definition) is 3. The van der Waals surface area contributed by atoms with Crippen molar-refractivity contribution in [2.24, 2.45) is 0 Å². The molecule has 1 amide bonds. The summed E-state index contributed by atoms with van der Waals surface area (Å²) < 4.78 is 32.6. The Hall–Kier alpha value is -4.94. The molecule has 1 heterocycles. The monoisotopic (exact) mass is 601 g/mol. The quantitative estimate of drug-likeness (QED) is 0.310. The molecule has 1 aromatic heterocycles. The van der Waals surface area contributed by atoms with Crippen molar-refractivity contribution in [1.29, 1.82) is 0 Å². The molecule has 13 heteroatoms. The second kappa shape index (κ2) is 12.5. The lowest BCUT2D eigenvalue weighted by molar-refractivity contribution is -0.164. The van der Waals surface area contributed by atoms with E-state index >= 15 is 0 Å². The Balaban J connectivity index is 1.94. The van der Waals surface area contributed by atoms with Gasteiger partial charge in [0, 0.05) is 23.8 Å². The van der Waals surface area contributed by atoms with Crippen molar-refractivity contribution >= 4 is 29.0 Å². The van der Waals surface area contributed by atoms with Gasteiger partial charge in [-0.2, -0.15) is 0 Å². The van der Waals surface area contributed by atoms with Crippen LogP contribution in [0.2, 0.25) is 0 Å². The Morgan fingerprint density at radius 2 is 1.47 bits per heavy atom. The maximum absolute atomic E-state index is 13.0. The Bertz CT molecular complexity index is 1570. The number of esters is 2. The second-order valence-electron chi connectivity index (χ2n) is 11.4. The fourth-order valence-electron chi connectivity index (χ4n) is 3.90. The smallest absolute Gasteiger partial charge is 0.413 e. The van der Waals surface area contributed by atoms with Crippen LogP contribution < -0.4 is 25.0 Å². The molecule has 13 nitrogen and oxygen atoms in total. The second-order valence-corrected chi connectivity index (χ2v) is 11.4. The minimum absolute atomic E-state index is 0.0213. The highest BCUT2D eigenvalue weighted by Crippen LogP contribution is 2.42. The molecule has 0 aliphatic carbocycles. The van der Waals surface area contributed by atoms with E-state index in [1.807, 2.05) is 0 Å². The molecular weight excluding hydrogens is 566 g/mol. The van der Waals surface area contributed by atoms with Crippen LogP contribution in [0.1, 0.15) is 48.0 Å². The number of phenols is 2. The van der Waals surface area contributed by atoms with Crippen LogP contribution in [-0.4, -0.2) is 59.7 Å². The molecule has 3 rings (SSSR count). The number of hydrogen-bond acceptors (Lipinski definition) is 12. The van der Waals surface area contributed by atoms with E-state index in [-0.39, 0.29) is 45.3 Å². The maximum atomic E-state index is 13.0. The van der Waals surface area contributed by atoms with Gasteiger partial charge in [0.15, 0.2) is 16.9 Å². The molecule has 0 bridgehead atoms. The fraction of sp³-hybridized carbons (Fsp3) is 0.400. The third kappa shape index (κ3) is 8.53. The fourth-order valence-corrected chi connectivity index (χ4v) is 3.90. The third-order valence-electron chi connectivity index (χ3n) is 5.51. The van der Waals surface area contributed by atoms with Crippen LogP contribution in [0.3, 0.4) is 0 Å². The zero-order valence-electron chi connectivity index (χ0n) is 25.1. The lowest BCUT2D eigenvalue weighted by Gasteiger charge is -2.25. The van der Waals surface area contributed by atoms with E-state index in [1.165, 1.54) is 32.4 Å². The van der Waals surface area contributed by atoms with Gasteiger partial charge in [0.25, 0.3) is 0 Å². The highest BCUT2D eigenvalue weighted by Gasteiger charge is 2.32. The van der Waals surface area contributed by atoms with E-state index in [1.54, 1.807) is 41.5 Å². The van der Waals surface area contributed by atoms with Gasteiger partial charge in [-0.25, -0.2) is 9.59 Å². The minimum Gasteiger partial charge on any atom is -0.508 e. The van der Waals surface area contributed by atoms with E-state index in [0.29, 0.717) is 0 Å². The summed E-state index contributed by atoms with van der Waals surface area (Å²) in [4.78, 5) is 51.0. The molecule has 2 aromatic carbocycles. The molecule has 0 radical (unpaired) electrons. The number of ether oxygens (including phenoxy) is 5. The minimum atomic E-state index is -1.45. The summed E-state index contributed by atoms with van der Waals surface area (Å²) in [6.07, 6.45) is -1.66. The zero-order chi connectivity index (χ0) is 32.3. The maximum Gasteiger partial charge on any atom is 0.413 e. The number of benzene rings is 2. The van der Waals surface area contributed by atoms with E-state index in [4.69, 9.17) is 28.1 Å². The summed E-state index contributed by atoms with van der Waals surface area (Å²) in [5.74, 6) is -2.60. The van der Waals surface area contributed by atoms with Gasteiger partial charge in [-0.3, -0.25) is 9.59 Å². The van der Waals surface area contributed by atoms with Gasteiger partial charge in [0.05, 0.1) is 20.6 Å². The molecule has 0 saturated carbocycles. The molecule has 0 unspecified atom stereocenters. The van der Waals surface area contributed by atoms with Crippen molar-refractivity contribution in [2.75, 3.05) is 14.2 Å². The predicted octanol–water partition coefficient (Wildman–Crippen LogP) is 4.42. The van der Waals surface area contributed by atoms with E-state index in [9.17, 15) is 29.4 Å². The van der Waals surface area contributed by atoms with Gasteiger partial charge in [0.1, 0.15) is 45.5 Å². The predicted molar refractivity (Wildman–Crippen MR) is 154 cm³/mol. The summed E-state index contributed by atoms with van der Waals surface area (Å²) in [5, 5.41) is 22.1. The molecule has 0 aliphatic rings. The van der Waals surface area contributed by atoms with Crippen LogP contribution in [0.4, 0.5) is 4.79 Å². The largest absolute Gasteiger partial charge is 0.508 e. The summed E-state index contributed by atoms with van der Waals surface area (Å²) in [6.45, 7) is 9.88. The average Bonchev–Trinajstić information content (AvgIpc) is 2.85. The molecule has 0 fully saturated rings.